The van der Waals surface area contributed by atoms with Crippen molar-refractivity contribution in [2.75, 3.05) is 11.5 Å². The van der Waals surface area contributed by atoms with E-state index in [4.69, 9.17) is 5.73 Å². The van der Waals surface area contributed by atoms with E-state index in [1.54, 1.807) is 0 Å². The summed E-state index contributed by atoms with van der Waals surface area (Å²) >= 11 is 4.03. The molecule has 9 heteroatoms. The van der Waals surface area contributed by atoms with Crippen molar-refractivity contribution >= 4 is 46.6 Å². The Hall–Kier alpha value is -1.32. The van der Waals surface area contributed by atoms with E-state index in [-0.39, 0.29) is 17.4 Å². The second kappa shape index (κ2) is 7.28. The van der Waals surface area contributed by atoms with Crippen molar-refractivity contribution in [3.8, 4) is 0 Å². The van der Waals surface area contributed by atoms with Gasteiger partial charge in [-0.25, -0.2) is 0 Å². The topological polar surface area (TPSA) is 90.9 Å². The number of amides is 1. The largest absolute Gasteiger partial charge is 0.369 e. The van der Waals surface area contributed by atoms with Crippen LogP contribution in [0.15, 0.2) is 14.7 Å². The molecule has 0 saturated heterocycles. The Morgan fingerprint density at radius 3 is 2.46 bits per heavy atom. The number of Topliss-reactive ketones (excluding diaryl/α,β-unsaturated/α-hetero) is 1. The first kappa shape index (κ1) is 17.5. The van der Waals surface area contributed by atoms with Crippen LogP contribution < -0.4 is 5.73 Å². The lowest BCUT2D eigenvalue weighted by molar-refractivity contribution is -0.115. The number of thioether (sulfide) groups is 2. The van der Waals surface area contributed by atoms with Crippen molar-refractivity contribution < 1.29 is 9.59 Å². The summed E-state index contributed by atoms with van der Waals surface area (Å²) in [4.78, 5) is 23.3. The molecule has 1 aliphatic rings. The van der Waals surface area contributed by atoms with Crippen LogP contribution in [0.5, 0.6) is 0 Å². The monoisotopic (exact) mass is 382 g/mol. The van der Waals surface area contributed by atoms with E-state index in [1.807, 2.05) is 13.0 Å². The number of aromatic nitrogens is 3. The first-order valence-corrected chi connectivity index (χ1v) is 10.3. The van der Waals surface area contributed by atoms with Crippen molar-refractivity contribution in [2.45, 2.75) is 41.4 Å². The highest BCUT2D eigenvalue weighted by atomic mass is 32.2. The zero-order chi connectivity index (χ0) is 17.3. The second-order valence-electron chi connectivity index (χ2n) is 5.69. The van der Waals surface area contributed by atoms with E-state index >= 15 is 0 Å². The van der Waals surface area contributed by atoms with Crippen molar-refractivity contribution in [3.05, 3.63) is 23.0 Å². The van der Waals surface area contributed by atoms with E-state index in [1.165, 1.54) is 47.7 Å². The van der Waals surface area contributed by atoms with Crippen LogP contribution >= 0.6 is 34.9 Å². The summed E-state index contributed by atoms with van der Waals surface area (Å²) in [6.45, 7) is 4.08. The van der Waals surface area contributed by atoms with Gasteiger partial charge in [0.2, 0.25) is 5.91 Å². The summed E-state index contributed by atoms with van der Waals surface area (Å²) in [5.74, 6) is 0.252. The first-order chi connectivity index (χ1) is 11.5. The van der Waals surface area contributed by atoms with Crippen LogP contribution in [-0.4, -0.2) is 38.0 Å². The van der Waals surface area contributed by atoms with Gasteiger partial charge in [0.15, 0.2) is 14.5 Å². The highest BCUT2D eigenvalue weighted by Crippen LogP contribution is 2.38. The van der Waals surface area contributed by atoms with Crippen molar-refractivity contribution in [1.82, 2.24) is 14.8 Å². The quantitative estimate of drug-likeness (QED) is 0.558. The number of ketones is 1. The third-order valence-electron chi connectivity index (χ3n) is 3.75. The van der Waals surface area contributed by atoms with Gasteiger partial charge in [-0.1, -0.05) is 34.9 Å². The Bertz CT molecular complexity index is 780. The minimum Gasteiger partial charge on any atom is -0.369 e. The van der Waals surface area contributed by atoms with E-state index in [2.05, 4.69) is 21.7 Å². The Balaban J connectivity index is 1.60. The molecule has 2 aromatic rings. The van der Waals surface area contributed by atoms with Gasteiger partial charge in [-0.05, 0) is 32.8 Å². The normalized spacial score (nSPS) is 14.1. The van der Waals surface area contributed by atoms with Crippen LogP contribution in [0.3, 0.4) is 0 Å². The standard InChI is InChI=1S/C15H18N4O2S3/c1-8-5-11(9(2)19(8)10-3-4-10)12(20)6-22-14-17-18-15(24-14)23-7-13(16)21/h5,10H,3-4,6-7H2,1-2H3,(H2,16,21). The lowest BCUT2D eigenvalue weighted by Gasteiger charge is -2.07. The van der Waals surface area contributed by atoms with Crippen LogP contribution in [0.4, 0.5) is 0 Å². The highest BCUT2D eigenvalue weighted by Gasteiger charge is 2.28. The number of hydrogen-bond acceptors (Lipinski definition) is 7. The van der Waals surface area contributed by atoms with Crippen LogP contribution in [-0.2, 0) is 4.79 Å². The SMILES string of the molecule is Cc1cc(C(=O)CSc2nnc(SCC(N)=O)s2)c(C)n1C1CC1. The number of rotatable bonds is 8. The molecule has 2 aromatic heterocycles. The van der Waals surface area contributed by atoms with Gasteiger partial charge in [-0.15, -0.1) is 10.2 Å². The molecule has 0 aliphatic heterocycles. The highest BCUT2D eigenvalue weighted by molar-refractivity contribution is 8.03. The molecule has 2 heterocycles. The number of carbonyl (C=O) groups excluding carboxylic acids is 2. The molecule has 0 aromatic carbocycles. The minimum absolute atomic E-state index is 0.113. The van der Waals surface area contributed by atoms with Gasteiger partial charge in [-0.2, -0.15) is 0 Å². The van der Waals surface area contributed by atoms with Crippen molar-refractivity contribution in [2.24, 2.45) is 5.73 Å². The Morgan fingerprint density at radius 1 is 1.25 bits per heavy atom. The van der Waals surface area contributed by atoms with E-state index < -0.39 is 0 Å². The zero-order valence-electron chi connectivity index (χ0n) is 13.4. The molecule has 6 nitrogen and oxygen atoms in total. The third kappa shape index (κ3) is 4.01. The molecule has 128 valence electrons. The second-order valence-corrected chi connectivity index (χ2v) is 9.11. The van der Waals surface area contributed by atoms with Gasteiger partial charge in [0, 0.05) is 23.0 Å². The van der Waals surface area contributed by atoms with Crippen LogP contribution in [0, 0.1) is 13.8 Å². The van der Waals surface area contributed by atoms with Gasteiger partial charge in [0.1, 0.15) is 0 Å². The van der Waals surface area contributed by atoms with Gasteiger partial charge in [0.05, 0.1) is 11.5 Å². The molecule has 1 fully saturated rings. The fourth-order valence-electron chi connectivity index (χ4n) is 2.61. The Morgan fingerprint density at radius 2 is 1.88 bits per heavy atom. The molecule has 0 radical (unpaired) electrons. The fourth-order valence-corrected chi connectivity index (χ4v) is 5.25. The lowest BCUT2D eigenvalue weighted by Crippen LogP contribution is -2.12. The molecule has 24 heavy (non-hydrogen) atoms. The average molecular weight is 383 g/mol. The van der Waals surface area contributed by atoms with Crippen molar-refractivity contribution in [1.29, 1.82) is 0 Å². The summed E-state index contributed by atoms with van der Waals surface area (Å²) in [6.07, 6.45) is 2.41. The summed E-state index contributed by atoms with van der Waals surface area (Å²) in [6, 6.07) is 2.57. The van der Waals surface area contributed by atoms with Crippen LogP contribution in [0.1, 0.15) is 40.6 Å². The molecule has 2 N–H and O–H groups in total. The molecule has 0 unspecified atom stereocenters. The minimum atomic E-state index is -0.384. The third-order valence-corrected chi connectivity index (χ3v) is 6.96. The maximum atomic E-state index is 12.5. The molecule has 3 rings (SSSR count). The molecule has 0 atom stereocenters. The Kier molecular flexibility index (Phi) is 5.31. The summed E-state index contributed by atoms with van der Waals surface area (Å²) in [5, 5.41) is 8.04. The van der Waals surface area contributed by atoms with E-state index in [9.17, 15) is 9.59 Å². The summed E-state index contributed by atoms with van der Waals surface area (Å²) < 4.78 is 3.70. The predicted molar refractivity (Wildman–Crippen MR) is 97.1 cm³/mol. The fraction of sp³-hybridized carbons (Fsp3) is 0.467. The average Bonchev–Trinajstić information content (AvgIpc) is 3.17. The number of primary amides is 1. The molecule has 1 amide bonds. The smallest absolute Gasteiger partial charge is 0.227 e. The summed E-state index contributed by atoms with van der Waals surface area (Å²) in [5.41, 5.74) is 8.14. The number of aryl methyl sites for hydroxylation is 1. The molecular formula is C15H18N4O2S3. The Labute approximate surface area is 152 Å². The van der Waals surface area contributed by atoms with E-state index in [0.717, 1.165) is 21.3 Å². The number of hydrogen-bond donors (Lipinski definition) is 1. The summed E-state index contributed by atoms with van der Waals surface area (Å²) in [7, 11) is 0. The van der Waals surface area contributed by atoms with Crippen LogP contribution in [0.2, 0.25) is 0 Å². The van der Waals surface area contributed by atoms with Gasteiger partial charge in [0.25, 0.3) is 0 Å². The molecular weight excluding hydrogens is 364 g/mol. The molecule has 1 aliphatic carbocycles. The van der Waals surface area contributed by atoms with E-state index in [0.29, 0.717) is 16.1 Å². The maximum absolute atomic E-state index is 12.5. The predicted octanol–water partition coefficient (Wildman–Crippen LogP) is 2.84. The van der Waals surface area contributed by atoms with Gasteiger partial charge >= 0.3 is 0 Å². The number of carbonyl (C=O) groups is 2. The van der Waals surface area contributed by atoms with Crippen molar-refractivity contribution in [3.63, 3.8) is 0 Å². The molecule has 1 saturated carbocycles. The lowest BCUT2D eigenvalue weighted by atomic mass is 10.2. The maximum Gasteiger partial charge on any atom is 0.227 e. The van der Waals surface area contributed by atoms with Crippen LogP contribution in [0.25, 0.3) is 0 Å². The molecule has 0 spiro atoms. The zero-order valence-corrected chi connectivity index (χ0v) is 15.9. The van der Waals surface area contributed by atoms with Gasteiger partial charge in [-0.3, -0.25) is 9.59 Å². The number of nitrogens with two attached hydrogens (primary N) is 1. The first-order valence-electron chi connectivity index (χ1n) is 7.54. The number of nitrogens with zero attached hydrogens (tertiary/aromatic N) is 3. The molecule has 0 bridgehead atoms. The van der Waals surface area contributed by atoms with Gasteiger partial charge < -0.3 is 10.3 Å².